The molecule has 2 atom stereocenters. The number of primary amides is 1. The average molecular weight is 445 g/mol. The molecule has 170 valence electrons. The van der Waals surface area contributed by atoms with Gasteiger partial charge in [-0.3, -0.25) is 9.59 Å². The summed E-state index contributed by atoms with van der Waals surface area (Å²) in [6.45, 7) is 1.40. The van der Waals surface area contributed by atoms with Gasteiger partial charge in [-0.1, -0.05) is 72.8 Å². The average Bonchev–Trinajstić information content (AvgIpc) is 3.22. The number of likely N-dealkylation sites (tertiary alicyclic amines) is 1. The molecule has 3 aromatic rings. The molecule has 3 aromatic carbocycles. The second kappa shape index (κ2) is 10.8. The third kappa shape index (κ3) is 5.79. The molecule has 4 rings (SSSR count). The molecule has 0 saturated carbocycles. The van der Waals surface area contributed by atoms with Crippen LogP contribution in [0, 0.1) is 0 Å². The highest BCUT2D eigenvalue weighted by molar-refractivity contribution is 5.91. The van der Waals surface area contributed by atoms with Gasteiger partial charge in [-0.15, -0.1) is 0 Å². The Bertz CT molecular complexity index is 1050. The molecule has 0 bridgehead atoms. The second-order valence-electron chi connectivity index (χ2n) is 8.14. The maximum atomic E-state index is 13.1. The van der Waals surface area contributed by atoms with Crippen molar-refractivity contribution < 1.29 is 19.1 Å². The minimum Gasteiger partial charge on any atom is -0.489 e. The fraction of sp³-hybridized carbons (Fsp3) is 0.259. The molecule has 0 aromatic heterocycles. The van der Waals surface area contributed by atoms with Crippen LogP contribution >= 0.6 is 0 Å². The summed E-state index contributed by atoms with van der Waals surface area (Å²) >= 11 is 0. The van der Waals surface area contributed by atoms with Crippen LogP contribution in [0.25, 0.3) is 0 Å². The molecule has 2 N–H and O–H groups in total. The monoisotopic (exact) mass is 444 g/mol. The zero-order chi connectivity index (χ0) is 23.0. The normalized spacial score (nSPS) is 16.5. The summed E-state index contributed by atoms with van der Waals surface area (Å²) in [7, 11) is 0. The van der Waals surface area contributed by atoms with Gasteiger partial charge in [-0.2, -0.15) is 0 Å². The Hall–Kier alpha value is -3.64. The van der Waals surface area contributed by atoms with E-state index in [4.69, 9.17) is 15.2 Å². The first-order chi connectivity index (χ1) is 16.1. The SMILES string of the molecule is NC(=O)C(COCc1ccccc1)N1CCC(c2ccc(OCc3ccccc3)cc2)C1=O. The van der Waals surface area contributed by atoms with Crippen molar-refractivity contribution in [2.45, 2.75) is 31.6 Å². The van der Waals surface area contributed by atoms with Crippen molar-refractivity contribution in [1.29, 1.82) is 0 Å². The van der Waals surface area contributed by atoms with Crippen molar-refractivity contribution in [2.75, 3.05) is 13.2 Å². The number of amides is 2. The summed E-state index contributed by atoms with van der Waals surface area (Å²) in [5.74, 6) is -0.208. The number of hydrogen-bond donors (Lipinski definition) is 1. The summed E-state index contributed by atoms with van der Waals surface area (Å²) in [5, 5.41) is 0. The molecular weight excluding hydrogens is 416 g/mol. The minimum atomic E-state index is -0.778. The molecule has 1 fully saturated rings. The van der Waals surface area contributed by atoms with Gasteiger partial charge in [-0.05, 0) is 35.2 Å². The van der Waals surface area contributed by atoms with Crippen LogP contribution in [0.5, 0.6) is 5.75 Å². The van der Waals surface area contributed by atoms with E-state index >= 15 is 0 Å². The van der Waals surface area contributed by atoms with E-state index in [1.165, 1.54) is 0 Å². The fourth-order valence-corrected chi connectivity index (χ4v) is 4.05. The molecule has 2 unspecified atom stereocenters. The zero-order valence-corrected chi connectivity index (χ0v) is 18.4. The third-order valence-electron chi connectivity index (χ3n) is 5.86. The third-order valence-corrected chi connectivity index (χ3v) is 5.86. The highest BCUT2D eigenvalue weighted by Crippen LogP contribution is 2.31. The lowest BCUT2D eigenvalue weighted by Crippen LogP contribution is -2.48. The van der Waals surface area contributed by atoms with E-state index in [1.807, 2.05) is 84.9 Å². The van der Waals surface area contributed by atoms with Crippen molar-refractivity contribution in [3.8, 4) is 5.75 Å². The largest absolute Gasteiger partial charge is 0.489 e. The molecule has 0 radical (unpaired) electrons. The van der Waals surface area contributed by atoms with Gasteiger partial charge in [0, 0.05) is 6.54 Å². The van der Waals surface area contributed by atoms with E-state index in [1.54, 1.807) is 4.90 Å². The van der Waals surface area contributed by atoms with Crippen LogP contribution in [-0.4, -0.2) is 35.9 Å². The summed E-state index contributed by atoms with van der Waals surface area (Å²) in [5.41, 5.74) is 8.61. The fourth-order valence-electron chi connectivity index (χ4n) is 4.05. The highest BCUT2D eigenvalue weighted by atomic mass is 16.5. The lowest BCUT2D eigenvalue weighted by atomic mass is 9.97. The summed E-state index contributed by atoms with van der Waals surface area (Å²) < 4.78 is 11.5. The van der Waals surface area contributed by atoms with Crippen molar-refractivity contribution >= 4 is 11.8 Å². The molecule has 0 aliphatic carbocycles. The number of nitrogens with zero attached hydrogens (tertiary/aromatic N) is 1. The minimum absolute atomic E-state index is 0.0783. The summed E-state index contributed by atoms with van der Waals surface area (Å²) in [6.07, 6.45) is 0.630. The number of ether oxygens (including phenoxy) is 2. The van der Waals surface area contributed by atoms with Crippen LogP contribution in [0.3, 0.4) is 0 Å². The van der Waals surface area contributed by atoms with Crippen molar-refractivity contribution in [3.63, 3.8) is 0 Å². The Kier molecular flexibility index (Phi) is 7.37. The predicted octanol–water partition coefficient (Wildman–Crippen LogP) is 3.65. The van der Waals surface area contributed by atoms with Gasteiger partial charge in [0.25, 0.3) is 0 Å². The van der Waals surface area contributed by atoms with Gasteiger partial charge in [-0.25, -0.2) is 0 Å². The molecule has 1 saturated heterocycles. The second-order valence-corrected chi connectivity index (χ2v) is 8.14. The topological polar surface area (TPSA) is 81.9 Å². The van der Waals surface area contributed by atoms with Crippen molar-refractivity contribution in [3.05, 3.63) is 102 Å². The number of carbonyl (C=O) groups excluding carboxylic acids is 2. The molecule has 1 aliphatic rings. The molecule has 6 heteroatoms. The Morgan fingerprint density at radius 2 is 1.52 bits per heavy atom. The van der Waals surface area contributed by atoms with E-state index in [2.05, 4.69) is 0 Å². The maximum absolute atomic E-state index is 13.1. The van der Waals surface area contributed by atoms with Gasteiger partial charge in [0.05, 0.1) is 19.1 Å². The first-order valence-corrected chi connectivity index (χ1v) is 11.1. The Labute approximate surface area is 193 Å². The first kappa shape index (κ1) is 22.6. The first-order valence-electron chi connectivity index (χ1n) is 11.1. The van der Waals surface area contributed by atoms with Crippen molar-refractivity contribution in [1.82, 2.24) is 4.90 Å². The van der Waals surface area contributed by atoms with E-state index in [0.29, 0.717) is 26.2 Å². The predicted molar refractivity (Wildman–Crippen MR) is 125 cm³/mol. The van der Waals surface area contributed by atoms with E-state index in [9.17, 15) is 9.59 Å². The van der Waals surface area contributed by atoms with Crippen LogP contribution in [0.1, 0.15) is 29.0 Å². The molecule has 1 heterocycles. The van der Waals surface area contributed by atoms with Gasteiger partial charge in [0.2, 0.25) is 11.8 Å². The lowest BCUT2D eigenvalue weighted by Gasteiger charge is -2.25. The van der Waals surface area contributed by atoms with Gasteiger partial charge >= 0.3 is 0 Å². The zero-order valence-electron chi connectivity index (χ0n) is 18.4. The van der Waals surface area contributed by atoms with Gasteiger partial charge in [0.1, 0.15) is 18.4 Å². The summed E-state index contributed by atoms with van der Waals surface area (Å²) in [4.78, 5) is 26.7. The van der Waals surface area contributed by atoms with Crippen LogP contribution in [0.2, 0.25) is 0 Å². The molecule has 33 heavy (non-hydrogen) atoms. The van der Waals surface area contributed by atoms with E-state index in [-0.39, 0.29) is 18.4 Å². The van der Waals surface area contributed by atoms with Crippen LogP contribution < -0.4 is 10.5 Å². The number of benzene rings is 3. The smallest absolute Gasteiger partial charge is 0.242 e. The number of rotatable bonds is 10. The Morgan fingerprint density at radius 3 is 2.12 bits per heavy atom. The van der Waals surface area contributed by atoms with Gasteiger partial charge < -0.3 is 20.1 Å². The Morgan fingerprint density at radius 1 is 0.909 bits per heavy atom. The summed E-state index contributed by atoms with van der Waals surface area (Å²) in [6, 6.07) is 26.4. The van der Waals surface area contributed by atoms with Crippen molar-refractivity contribution in [2.24, 2.45) is 5.73 Å². The van der Waals surface area contributed by atoms with Crippen LogP contribution in [-0.2, 0) is 27.5 Å². The number of nitrogens with two attached hydrogens (primary N) is 1. The maximum Gasteiger partial charge on any atom is 0.242 e. The Balaban J connectivity index is 1.34. The van der Waals surface area contributed by atoms with Gasteiger partial charge in [0.15, 0.2) is 0 Å². The van der Waals surface area contributed by atoms with Crippen LogP contribution in [0.15, 0.2) is 84.9 Å². The molecule has 2 amide bonds. The number of carbonyl (C=O) groups is 2. The number of hydrogen-bond acceptors (Lipinski definition) is 4. The molecule has 1 aliphatic heterocycles. The molecule has 6 nitrogen and oxygen atoms in total. The standard InChI is InChI=1S/C27H28N2O4/c28-26(30)25(19-32-17-20-7-3-1-4-8-20)29-16-15-24(27(29)31)22-11-13-23(14-12-22)33-18-21-9-5-2-6-10-21/h1-14,24-25H,15-19H2,(H2,28,30). The van der Waals surface area contributed by atoms with E-state index in [0.717, 1.165) is 22.4 Å². The quantitative estimate of drug-likeness (QED) is 0.518. The molecular formula is C27H28N2O4. The highest BCUT2D eigenvalue weighted by Gasteiger charge is 2.39. The van der Waals surface area contributed by atoms with E-state index < -0.39 is 11.9 Å². The van der Waals surface area contributed by atoms with Crippen LogP contribution in [0.4, 0.5) is 0 Å². The lowest BCUT2D eigenvalue weighted by molar-refractivity contribution is -0.139. The molecule has 0 spiro atoms.